The van der Waals surface area contributed by atoms with Gasteiger partial charge in [0.05, 0.1) is 0 Å². The van der Waals surface area contributed by atoms with Crippen molar-refractivity contribution >= 4 is 0 Å². The van der Waals surface area contributed by atoms with Gasteiger partial charge in [-0.05, 0) is 48.3 Å². The van der Waals surface area contributed by atoms with E-state index >= 15 is 0 Å². The fourth-order valence-electron chi connectivity index (χ4n) is 2.97. The molecule has 0 heterocycles. The molecule has 1 aliphatic rings. The quantitative estimate of drug-likeness (QED) is 0.840. The van der Waals surface area contributed by atoms with Crippen molar-refractivity contribution in [2.75, 3.05) is 0 Å². The molecule has 1 saturated carbocycles. The number of hydrogen-bond acceptors (Lipinski definition) is 1. The minimum absolute atomic E-state index is 0.261. The van der Waals surface area contributed by atoms with Crippen LogP contribution in [-0.4, -0.2) is 6.04 Å². The molecule has 0 aliphatic heterocycles. The molecule has 1 fully saturated rings. The second-order valence-corrected chi connectivity index (χ2v) is 6.60. The zero-order valence-corrected chi connectivity index (χ0v) is 12.5. The van der Waals surface area contributed by atoms with Crippen LogP contribution < -0.4 is 5.73 Å². The van der Waals surface area contributed by atoms with Crippen LogP contribution in [0.15, 0.2) is 18.2 Å². The third kappa shape index (κ3) is 2.21. The van der Waals surface area contributed by atoms with Crippen LogP contribution in [0, 0.1) is 0 Å². The standard InChI is InChI=1S/C17H27N/c1-11(2)14-6-7-15(12(3)4)16(10-14)17(8-9-17)13(5)18/h6-7,10-13H,8-9,18H2,1-5H3. The van der Waals surface area contributed by atoms with E-state index in [4.69, 9.17) is 5.73 Å². The third-order valence-electron chi connectivity index (χ3n) is 4.56. The maximum Gasteiger partial charge on any atom is 0.0108 e. The summed E-state index contributed by atoms with van der Waals surface area (Å²) in [5.74, 6) is 1.17. The first kappa shape index (κ1) is 13.6. The third-order valence-corrected chi connectivity index (χ3v) is 4.56. The van der Waals surface area contributed by atoms with Gasteiger partial charge in [0.2, 0.25) is 0 Å². The molecule has 0 radical (unpaired) electrons. The zero-order chi connectivity index (χ0) is 13.5. The van der Waals surface area contributed by atoms with E-state index in [2.05, 4.69) is 52.8 Å². The largest absolute Gasteiger partial charge is 0.327 e. The van der Waals surface area contributed by atoms with Crippen molar-refractivity contribution in [1.82, 2.24) is 0 Å². The maximum absolute atomic E-state index is 6.26. The fraction of sp³-hybridized carbons (Fsp3) is 0.647. The second-order valence-electron chi connectivity index (χ2n) is 6.60. The monoisotopic (exact) mass is 245 g/mol. The van der Waals surface area contributed by atoms with Gasteiger partial charge in [0.15, 0.2) is 0 Å². The molecule has 1 atom stereocenters. The van der Waals surface area contributed by atoms with Crippen LogP contribution in [0.4, 0.5) is 0 Å². The number of rotatable bonds is 4. The van der Waals surface area contributed by atoms with E-state index in [1.54, 1.807) is 0 Å². The summed E-state index contributed by atoms with van der Waals surface area (Å²) in [6.07, 6.45) is 2.51. The molecule has 2 N–H and O–H groups in total. The number of hydrogen-bond donors (Lipinski definition) is 1. The predicted octanol–water partition coefficient (Wildman–Crippen LogP) is 4.31. The molecule has 100 valence electrons. The summed E-state index contributed by atoms with van der Waals surface area (Å²) in [6.45, 7) is 11.3. The SMILES string of the molecule is CC(C)c1ccc(C(C)C)c(C2(C(C)N)CC2)c1. The highest BCUT2D eigenvalue weighted by molar-refractivity contribution is 5.44. The smallest absolute Gasteiger partial charge is 0.0108 e. The van der Waals surface area contributed by atoms with Crippen molar-refractivity contribution in [1.29, 1.82) is 0 Å². The topological polar surface area (TPSA) is 26.0 Å². The van der Waals surface area contributed by atoms with Crippen molar-refractivity contribution in [2.24, 2.45) is 5.73 Å². The van der Waals surface area contributed by atoms with Gasteiger partial charge in [-0.1, -0.05) is 45.9 Å². The second kappa shape index (κ2) is 4.70. The van der Waals surface area contributed by atoms with E-state index in [0.717, 1.165) is 0 Å². The van der Waals surface area contributed by atoms with Gasteiger partial charge in [-0.3, -0.25) is 0 Å². The van der Waals surface area contributed by atoms with Gasteiger partial charge >= 0.3 is 0 Å². The molecule has 1 aliphatic carbocycles. The van der Waals surface area contributed by atoms with Crippen molar-refractivity contribution in [3.63, 3.8) is 0 Å². The molecule has 1 aromatic carbocycles. The molecule has 1 unspecified atom stereocenters. The van der Waals surface area contributed by atoms with E-state index in [1.807, 2.05) is 0 Å². The zero-order valence-electron chi connectivity index (χ0n) is 12.5. The average Bonchev–Trinajstić information content (AvgIpc) is 3.09. The van der Waals surface area contributed by atoms with Crippen LogP contribution in [0.25, 0.3) is 0 Å². The highest BCUT2D eigenvalue weighted by Gasteiger charge is 2.48. The minimum Gasteiger partial charge on any atom is -0.327 e. The van der Waals surface area contributed by atoms with Crippen molar-refractivity contribution in [3.8, 4) is 0 Å². The molecular weight excluding hydrogens is 218 g/mol. The van der Waals surface area contributed by atoms with Gasteiger partial charge in [0.25, 0.3) is 0 Å². The van der Waals surface area contributed by atoms with Crippen LogP contribution in [0.3, 0.4) is 0 Å². The lowest BCUT2D eigenvalue weighted by Crippen LogP contribution is -2.32. The predicted molar refractivity (Wildman–Crippen MR) is 79.2 cm³/mol. The summed E-state index contributed by atoms with van der Waals surface area (Å²) in [5.41, 5.74) is 11.0. The van der Waals surface area contributed by atoms with Gasteiger partial charge in [0.1, 0.15) is 0 Å². The Morgan fingerprint density at radius 2 is 1.61 bits per heavy atom. The summed E-state index contributed by atoms with van der Waals surface area (Å²) in [6, 6.07) is 7.31. The molecule has 0 aromatic heterocycles. The van der Waals surface area contributed by atoms with Crippen molar-refractivity contribution in [2.45, 2.75) is 70.8 Å². The lowest BCUT2D eigenvalue weighted by molar-refractivity contribution is 0.547. The summed E-state index contributed by atoms with van der Waals surface area (Å²) in [5, 5.41) is 0. The van der Waals surface area contributed by atoms with E-state index < -0.39 is 0 Å². The van der Waals surface area contributed by atoms with E-state index in [-0.39, 0.29) is 11.5 Å². The van der Waals surface area contributed by atoms with Crippen LogP contribution in [-0.2, 0) is 5.41 Å². The van der Waals surface area contributed by atoms with Gasteiger partial charge in [-0.2, -0.15) is 0 Å². The lowest BCUT2D eigenvalue weighted by Gasteiger charge is -2.26. The molecule has 1 heteroatoms. The van der Waals surface area contributed by atoms with Gasteiger partial charge in [-0.25, -0.2) is 0 Å². The first-order chi connectivity index (χ1) is 8.38. The molecular formula is C17H27N. The Morgan fingerprint density at radius 3 is 2.00 bits per heavy atom. The van der Waals surface area contributed by atoms with Crippen LogP contribution >= 0.6 is 0 Å². The Balaban J connectivity index is 2.52. The Hall–Kier alpha value is -0.820. The van der Waals surface area contributed by atoms with Crippen LogP contribution in [0.2, 0.25) is 0 Å². The summed E-state index contributed by atoms with van der Waals surface area (Å²) >= 11 is 0. The fourth-order valence-corrected chi connectivity index (χ4v) is 2.97. The summed E-state index contributed by atoms with van der Waals surface area (Å²) in [7, 11) is 0. The highest BCUT2D eigenvalue weighted by atomic mass is 14.7. The molecule has 0 bridgehead atoms. The molecule has 0 amide bonds. The minimum atomic E-state index is 0.261. The Kier molecular flexibility index (Phi) is 3.55. The van der Waals surface area contributed by atoms with E-state index in [1.165, 1.54) is 29.5 Å². The normalized spacial score (nSPS) is 19.3. The molecule has 1 nitrogen and oxygen atoms in total. The van der Waals surface area contributed by atoms with Crippen LogP contribution in [0.1, 0.15) is 76.0 Å². The Labute approximate surface area is 112 Å². The number of nitrogens with two attached hydrogens (primary N) is 1. The van der Waals surface area contributed by atoms with Crippen molar-refractivity contribution < 1.29 is 0 Å². The molecule has 1 aromatic rings. The molecule has 0 saturated heterocycles. The Morgan fingerprint density at radius 1 is 1.00 bits per heavy atom. The Bertz CT molecular complexity index is 425. The summed E-state index contributed by atoms with van der Waals surface area (Å²) < 4.78 is 0. The first-order valence-electron chi connectivity index (χ1n) is 7.28. The average molecular weight is 245 g/mol. The molecule has 18 heavy (non-hydrogen) atoms. The van der Waals surface area contributed by atoms with Gasteiger partial charge < -0.3 is 5.73 Å². The first-order valence-corrected chi connectivity index (χ1v) is 7.28. The maximum atomic E-state index is 6.26. The highest BCUT2D eigenvalue weighted by Crippen LogP contribution is 2.52. The molecule has 2 rings (SSSR count). The van der Waals surface area contributed by atoms with Crippen LogP contribution in [0.5, 0.6) is 0 Å². The van der Waals surface area contributed by atoms with Gasteiger partial charge in [-0.15, -0.1) is 0 Å². The molecule has 0 spiro atoms. The lowest BCUT2D eigenvalue weighted by atomic mass is 9.81. The number of benzene rings is 1. The summed E-state index contributed by atoms with van der Waals surface area (Å²) in [4.78, 5) is 0. The van der Waals surface area contributed by atoms with Gasteiger partial charge in [0, 0.05) is 11.5 Å². The van der Waals surface area contributed by atoms with Crippen molar-refractivity contribution in [3.05, 3.63) is 34.9 Å². The van der Waals surface area contributed by atoms with E-state index in [9.17, 15) is 0 Å². The van der Waals surface area contributed by atoms with E-state index in [0.29, 0.717) is 11.8 Å².